The van der Waals surface area contributed by atoms with Crippen molar-refractivity contribution >= 4 is 13.3 Å². The first-order valence-corrected chi connectivity index (χ1v) is 3.34. The second-order valence-electron chi connectivity index (χ2n) is 2.47. The van der Waals surface area contributed by atoms with E-state index in [-0.39, 0.29) is 0 Å². The van der Waals surface area contributed by atoms with E-state index in [0.29, 0.717) is 0 Å². The summed E-state index contributed by atoms with van der Waals surface area (Å²) < 4.78 is 63.1. The normalized spacial score (nSPS) is 10.4. The van der Waals surface area contributed by atoms with Crippen molar-refractivity contribution < 1.29 is 22.0 Å². The lowest BCUT2D eigenvalue weighted by Crippen LogP contribution is -2.06. The summed E-state index contributed by atoms with van der Waals surface area (Å²) >= 11 is 0. The lowest BCUT2D eigenvalue weighted by Gasteiger charge is -2.07. The third kappa shape index (κ3) is 1.40. The van der Waals surface area contributed by atoms with Crippen molar-refractivity contribution in [3.8, 4) is 0 Å². The van der Waals surface area contributed by atoms with Gasteiger partial charge in [-0.1, -0.05) is 5.47 Å². The van der Waals surface area contributed by atoms with Gasteiger partial charge in [0.25, 0.3) is 0 Å². The monoisotopic (exact) mass is 204 g/mol. The molecule has 0 spiro atoms. The molecule has 1 aromatic carbocycles. The summed E-state index contributed by atoms with van der Waals surface area (Å²) in [5.41, 5.74) is -1.92. The van der Waals surface area contributed by atoms with Crippen molar-refractivity contribution in [1.82, 2.24) is 0 Å². The minimum atomic E-state index is -2.22. The molecule has 6 heteroatoms. The van der Waals surface area contributed by atoms with Crippen LogP contribution >= 0.6 is 0 Å². The van der Waals surface area contributed by atoms with Crippen molar-refractivity contribution in [1.29, 1.82) is 0 Å². The third-order valence-electron chi connectivity index (χ3n) is 1.53. The predicted octanol–water partition coefficient (Wildman–Crippen LogP) is 2.52. The van der Waals surface area contributed by atoms with Gasteiger partial charge in [-0.05, 0) is 0 Å². The van der Waals surface area contributed by atoms with Gasteiger partial charge in [-0.25, -0.2) is 22.0 Å². The van der Waals surface area contributed by atoms with E-state index in [9.17, 15) is 22.0 Å². The summed E-state index contributed by atoms with van der Waals surface area (Å²) in [6, 6.07) is 0. The topological polar surface area (TPSA) is 0 Å². The highest BCUT2D eigenvalue weighted by Crippen LogP contribution is 2.25. The standard InChI is InChI=1S/C8H2BF5/c1-2(9)3-4(10)6(12)8(14)7(13)5(3)11/h1H2. The maximum absolute atomic E-state index is 12.8. The fourth-order valence-electron chi connectivity index (χ4n) is 0.887. The summed E-state index contributed by atoms with van der Waals surface area (Å²) in [4.78, 5) is 0. The van der Waals surface area contributed by atoms with Crippen LogP contribution in [0, 0.1) is 29.1 Å². The Morgan fingerprint density at radius 1 is 0.786 bits per heavy atom. The van der Waals surface area contributed by atoms with Crippen LogP contribution in [0.5, 0.6) is 0 Å². The summed E-state index contributed by atoms with van der Waals surface area (Å²) in [6.07, 6.45) is 0. The molecule has 0 saturated heterocycles. The minimum Gasteiger partial charge on any atom is -0.203 e. The molecule has 14 heavy (non-hydrogen) atoms. The molecule has 0 aliphatic carbocycles. The third-order valence-corrected chi connectivity index (χ3v) is 1.53. The largest absolute Gasteiger partial charge is 0.203 e. The van der Waals surface area contributed by atoms with Gasteiger partial charge in [0.15, 0.2) is 23.3 Å². The van der Waals surface area contributed by atoms with Crippen LogP contribution in [0.15, 0.2) is 6.58 Å². The maximum Gasteiger partial charge on any atom is 0.200 e. The summed E-state index contributed by atoms with van der Waals surface area (Å²) in [6.45, 7) is 2.90. The fraction of sp³-hybridized carbons (Fsp3) is 0. The van der Waals surface area contributed by atoms with Crippen LogP contribution in [0.2, 0.25) is 0 Å². The Bertz CT molecular complexity index is 384. The molecule has 0 aromatic heterocycles. The van der Waals surface area contributed by atoms with Crippen LogP contribution in [-0.2, 0) is 0 Å². The molecule has 0 aliphatic rings. The van der Waals surface area contributed by atoms with Crippen LogP contribution in [0.4, 0.5) is 22.0 Å². The molecule has 0 N–H and O–H groups in total. The number of halogens is 5. The molecule has 0 nitrogen and oxygen atoms in total. The molecule has 0 atom stereocenters. The first-order valence-electron chi connectivity index (χ1n) is 3.34. The molecule has 1 rings (SSSR count). The van der Waals surface area contributed by atoms with Crippen LogP contribution < -0.4 is 0 Å². The van der Waals surface area contributed by atoms with Gasteiger partial charge in [-0.15, -0.1) is 6.58 Å². The van der Waals surface area contributed by atoms with Crippen molar-refractivity contribution in [2.75, 3.05) is 0 Å². The van der Waals surface area contributed by atoms with Gasteiger partial charge in [0, 0.05) is 5.56 Å². The molecule has 1 aromatic rings. The van der Waals surface area contributed by atoms with E-state index in [0.717, 1.165) is 0 Å². The van der Waals surface area contributed by atoms with Gasteiger partial charge in [-0.3, -0.25) is 0 Å². The van der Waals surface area contributed by atoms with E-state index in [1.165, 1.54) is 0 Å². The van der Waals surface area contributed by atoms with Gasteiger partial charge in [-0.2, -0.15) is 0 Å². The van der Waals surface area contributed by atoms with Crippen LogP contribution in [0.1, 0.15) is 5.56 Å². The van der Waals surface area contributed by atoms with Crippen molar-refractivity contribution in [2.24, 2.45) is 0 Å². The molecule has 0 fully saturated rings. The molecule has 0 amide bonds. The Morgan fingerprint density at radius 2 is 1.07 bits per heavy atom. The number of benzene rings is 1. The average molecular weight is 204 g/mol. The number of hydrogen-bond acceptors (Lipinski definition) is 0. The first kappa shape index (κ1) is 10.8. The highest BCUT2D eigenvalue weighted by molar-refractivity contribution is 6.41. The Morgan fingerprint density at radius 3 is 1.36 bits per heavy atom. The van der Waals surface area contributed by atoms with E-state index in [1.54, 1.807) is 0 Å². The molecule has 0 saturated carbocycles. The SMILES string of the molecule is [B]C(=C)c1c(F)c(F)c(F)c(F)c1F. The van der Waals surface area contributed by atoms with Gasteiger partial charge >= 0.3 is 0 Å². The van der Waals surface area contributed by atoms with Gasteiger partial charge in [0.1, 0.15) is 7.85 Å². The second kappa shape index (κ2) is 3.44. The highest BCUT2D eigenvalue weighted by atomic mass is 19.2. The molecule has 0 bridgehead atoms. The molecule has 0 unspecified atom stereocenters. The van der Waals surface area contributed by atoms with Crippen LogP contribution in [0.3, 0.4) is 0 Å². The maximum atomic E-state index is 12.8. The van der Waals surface area contributed by atoms with E-state index in [4.69, 9.17) is 7.85 Å². The summed E-state index contributed by atoms with van der Waals surface area (Å²) in [7, 11) is 4.87. The van der Waals surface area contributed by atoms with E-state index >= 15 is 0 Å². The molecule has 0 heterocycles. The Kier molecular flexibility index (Phi) is 2.64. The molecular weight excluding hydrogens is 202 g/mol. The second-order valence-corrected chi connectivity index (χ2v) is 2.47. The van der Waals surface area contributed by atoms with Gasteiger partial charge in [0.2, 0.25) is 5.82 Å². The van der Waals surface area contributed by atoms with E-state index in [1.807, 2.05) is 0 Å². The van der Waals surface area contributed by atoms with E-state index in [2.05, 4.69) is 6.58 Å². The summed E-state index contributed by atoms with van der Waals surface area (Å²) in [5, 5.41) is 0. The van der Waals surface area contributed by atoms with Crippen molar-refractivity contribution in [3.63, 3.8) is 0 Å². The van der Waals surface area contributed by atoms with Gasteiger partial charge in [0.05, 0.1) is 0 Å². The van der Waals surface area contributed by atoms with Crippen LogP contribution in [0.25, 0.3) is 5.47 Å². The average Bonchev–Trinajstić information content (AvgIpc) is 2.11. The number of hydrogen-bond donors (Lipinski definition) is 0. The quantitative estimate of drug-likeness (QED) is 0.285. The fourth-order valence-corrected chi connectivity index (χ4v) is 0.887. The lowest BCUT2D eigenvalue weighted by molar-refractivity contribution is 0.376. The zero-order chi connectivity index (χ0) is 11.0. The van der Waals surface area contributed by atoms with Crippen LogP contribution in [-0.4, -0.2) is 7.85 Å². The summed E-state index contributed by atoms with van der Waals surface area (Å²) in [5.74, 6) is -10.2. The first-order chi connectivity index (χ1) is 6.37. The van der Waals surface area contributed by atoms with E-state index < -0.39 is 40.1 Å². The van der Waals surface area contributed by atoms with Gasteiger partial charge < -0.3 is 0 Å². The smallest absolute Gasteiger partial charge is 0.200 e. The zero-order valence-corrected chi connectivity index (χ0v) is 6.67. The Hall–Kier alpha value is -1.33. The molecular formula is C8H2BF5. The van der Waals surface area contributed by atoms with Crippen molar-refractivity contribution in [3.05, 3.63) is 41.2 Å². The number of rotatable bonds is 1. The van der Waals surface area contributed by atoms with Crippen molar-refractivity contribution in [2.45, 2.75) is 0 Å². The predicted molar refractivity (Wildman–Crippen MR) is 41.0 cm³/mol. The Balaban J connectivity index is 3.68. The molecule has 72 valence electrons. The zero-order valence-electron chi connectivity index (χ0n) is 6.67. The Labute approximate surface area is 77.5 Å². The highest BCUT2D eigenvalue weighted by Gasteiger charge is 2.25. The molecule has 2 radical (unpaired) electrons. The molecule has 0 aliphatic heterocycles. The minimum absolute atomic E-state index is 0.724. The lowest BCUT2D eigenvalue weighted by atomic mass is 9.89.